The topological polar surface area (TPSA) is 71.0 Å². The zero-order valence-electron chi connectivity index (χ0n) is 14.8. The lowest BCUT2D eigenvalue weighted by Crippen LogP contribution is -2.23. The number of aromatic nitrogens is 3. The molecule has 0 aromatic carbocycles. The van der Waals surface area contributed by atoms with E-state index in [1.165, 1.54) is 23.9 Å². The van der Waals surface area contributed by atoms with Crippen LogP contribution in [-0.4, -0.2) is 33.9 Å². The summed E-state index contributed by atoms with van der Waals surface area (Å²) in [6.07, 6.45) is 8.18. The Labute approximate surface area is 162 Å². The summed E-state index contributed by atoms with van der Waals surface area (Å²) >= 11 is 7.75. The second kappa shape index (κ2) is 7.48. The molecule has 1 amide bonds. The largest absolute Gasteiger partial charge is 0.341 e. The van der Waals surface area contributed by atoms with Gasteiger partial charge in [-0.1, -0.05) is 24.9 Å². The van der Waals surface area contributed by atoms with E-state index in [1.54, 1.807) is 11.3 Å². The third-order valence-corrected chi connectivity index (χ3v) is 6.49. The Morgan fingerprint density at radius 3 is 2.96 bits per heavy atom. The minimum absolute atomic E-state index is 0.211. The van der Waals surface area contributed by atoms with Crippen LogP contribution in [0.4, 0.5) is 11.1 Å². The number of thiazole rings is 1. The average molecular weight is 392 g/mol. The highest BCUT2D eigenvalue weighted by molar-refractivity contribution is 7.15. The van der Waals surface area contributed by atoms with Crippen LogP contribution in [0.1, 0.15) is 53.7 Å². The van der Waals surface area contributed by atoms with Crippen molar-refractivity contribution < 1.29 is 4.79 Å². The molecule has 2 aromatic heterocycles. The summed E-state index contributed by atoms with van der Waals surface area (Å²) in [6.45, 7) is 4.06. The van der Waals surface area contributed by atoms with Gasteiger partial charge in [0.1, 0.15) is 0 Å². The van der Waals surface area contributed by atoms with Crippen molar-refractivity contribution in [2.24, 2.45) is 5.92 Å². The Morgan fingerprint density at radius 2 is 2.19 bits per heavy atom. The number of nitrogens with zero attached hydrogens (tertiary/aromatic N) is 4. The Balaban J connectivity index is 1.52. The van der Waals surface area contributed by atoms with Crippen molar-refractivity contribution in [2.75, 3.05) is 23.3 Å². The van der Waals surface area contributed by atoms with Gasteiger partial charge in [-0.2, -0.15) is 0 Å². The quantitative estimate of drug-likeness (QED) is 0.854. The highest BCUT2D eigenvalue weighted by atomic mass is 35.5. The summed E-state index contributed by atoms with van der Waals surface area (Å²) in [5, 5.41) is 3.78. The molecular formula is C18H22ClN5OS. The molecule has 2 aliphatic rings. The van der Waals surface area contributed by atoms with Crippen LogP contribution in [0.5, 0.6) is 0 Å². The number of halogens is 1. The molecule has 3 heterocycles. The van der Waals surface area contributed by atoms with Crippen molar-refractivity contribution in [1.82, 2.24) is 15.0 Å². The molecule has 1 saturated heterocycles. The second-order valence-corrected chi connectivity index (χ2v) is 8.41. The van der Waals surface area contributed by atoms with Crippen LogP contribution in [-0.2, 0) is 12.8 Å². The van der Waals surface area contributed by atoms with Gasteiger partial charge < -0.3 is 4.90 Å². The molecule has 1 N–H and O–H groups in total. The molecule has 1 aliphatic heterocycles. The van der Waals surface area contributed by atoms with Crippen LogP contribution in [0.15, 0.2) is 6.20 Å². The van der Waals surface area contributed by atoms with E-state index in [0.29, 0.717) is 11.1 Å². The SMILES string of the molecule is CCC1CCc2nc(NC(=O)c3nc(N4CCCC4)ncc3Cl)sc2C1. The van der Waals surface area contributed by atoms with E-state index in [0.717, 1.165) is 50.4 Å². The van der Waals surface area contributed by atoms with Gasteiger partial charge in [0.2, 0.25) is 5.95 Å². The smallest absolute Gasteiger partial charge is 0.277 e. The lowest BCUT2D eigenvalue weighted by atomic mass is 9.89. The van der Waals surface area contributed by atoms with Gasteiger partial charge in [-0.25, -0.2) is 15.0 Å². The first-order valence-corrected chi connectivity index (χ1v) is 10.4. The maximum Gasteiger partial charge on any atom is 0.277 e. The zero-order chi connectivity index (χ0) is 18.1. The van der Waals surface area contributed by atoms with Crippen molar-refractivity contribution in [3.8, 4) is 0 Å². The van der Waals surface area contributed by atoms with Crippen LogP contribution in [0, 0.1) is 5.92 Å². The van der Waals surface area contributed by atoms with E-state index in [-0.39, 0.29) is 16.6 Å². The molecule has 1 fully saturated rings. The van der Waals surface area contributed by atoms with Crippen LogP contribution >= 0.6 is 22.9 Å². The van der Waals surface area contributed by atoms with Gasteiger partial charge in [0.05, 0.1) is 16.9 Å². The number of carbonyl (C=O) groups excluding carboxylic acids is 1. The number of carbonyl (C=O) groups is 1. The number of hydrogen-bond acceptors (Lipinski definition) is 6. The van der Waals surface area contributed by atoms with Crippen molar-refractivity contribution >= 4 is 39.9 Å². The first-order chi connectivity index (χ1) is 12.6. The maximum absolute atomic E-state index is 12.7. The predicted molar refractivity (Wildman–Crippen MR) is 104 cm³/mol. The highest BCUT2D eigenvalue weighted by Crippen LogP contribution is 2.33. The number of fused-ring (bicyclic) bond motifs is 1. The third kappa shape index (κ3) is 3.55. The molecule has 138 valence electrons. The van der Waals surface area contributed by atoms with Crippen molar-refractivity contribution in [1.29, 1.82) is 0 Å². The van der Waals surface area contributed by atoms with E-state index in [9.17, 15) is 4.79 Å². The predicted octanol–water partition coefficient (Wildman–Crippen LogP) is 3.95. The summed E-state index contributed by atoms with van der Waals surface area (Å²) in [5.41, 5.74) is 1.34. The van der Waals surface area contributed by atoms with E-state index >= 15 is 0 Å². The molecule has 8 heteroatoms. The van der Waals surface area contributed by atoms with Crippen LogP contribution in [0.2, 0.25) is 5.02 Å². The molecule has 1 unspecified atom stereocenters. The number of hydrogen-bond donors (Lipinski definition) is 1. The van der Waals surface area contributed by atoms with Gasteiger partial charge in [-0.15, -0.1) is 11.3 Å². The van der Waals surface area contributed by atoms with Crippen molar-refractivity contribution in [3.63, 3.8) is 0 Å². The van der Waals surface area contributed by atoms with E-state index < -0.39 is 0 Å². The van der Waals surface area contributed by atoms with Gasteiger partial charge in [-0.3, -0.25) is 10.1 Å². The van der Waals surface area contributed by atoms with Crippen molar-refractivity contribution in [2.45, 2.75) is 45.4 Å². The maximum atomic E-state index is 12.7. The fraction of sp³-hybridized carbons (Fsp3) is 0.556. The molecule has 0 bridgehead atoms. The summed E-state index contributed by atoms with van der Waals surface area (Å²) in [4.78, 5) is 29.4. The summed E-state index contributed by atoms with van der Waals surface area (Å²) in [7, 11) is 0. The standard InChI is InChI=1S/C18H22ClN5OS/c1-2-11-5-6-13-14(9-11)26-18(21-13)23-16(25)15-12(19)10-20-17(22-15)24-7-3-4-8-24/h10-11H,2-9H2,1H3,(H,21,23,25). The minimum atomic E-state index is -0.323. The number of nitrogens with one attached hydrogen (secondary N) is 1. The molecule has 0 spiro atoms. The monoisotopic (exact) mass is 391 g/mol. The molecule has 2 aromatic rings. The molecular weight excluding hydrogens is 370 g/mol. The third-order valence-electron chi connectivity index (χ3n) is 5.17. The molecule has 0 radical (unpaired) electrons. The summed E-state index contributed by atoms with van der Waals surface area (Å²) in [5.74, 6) is 0.975. The Morgan fingerprint density at radius 1 is 1.38 bits per heavy atom. The van der Waals surface area contributed by atoms with Gasteiger partial charge in [0.15, 0.2) is 10.8 Å². The molecule has 26 heavy (non-hydrogen) atoms. The summed E-state index contributed by atoms with van der Waals surface area (Å²) in [6, 6.07) is 0. The van der Waals surface area contributed by atoms with Crippen molar-refractivity contribution in [3.05, 3.63) is 27.5 Å². The zero-order valence-corrected chi connectivity index (χ0v) is 16.4. The summed E-state index contributed by atoms with van der Waals surface area (Å²) < 4.78 is 0. The lowest BCUT2D eigenvalue weighted by molar-refractivity contribution is 0.102. The molecule has 6 nitrogen and oxygen atoms in total. The molecule has 0 saturated carbocycles. The Kier molecular flexibility index (Phi) is 5.09. The van der Waals surface area contributed by atoms with Gasteiger partial charge >= 0.3 is 0 Å². The normalized spacial score (nSPS) is 19.5. The fourth-order valence-corrected chi connectivity index (χ4v) is 4.88. The molecule has 4 rings (SSSR count). The van der Waals surface area contributed by atoms with E-state index in [4.69, 9.17) is 11.6 Å². The van der Waals surface area contributed by atoms with E-state index in [2.05, 4.69) is 32.1 Å². The molecule has 1 atom stereocenters. The van der Waals surface area contributed by atoms with Crippen LogP contribution in [0.25, 0.3) is 0 Å². The van der Waals surface area contributed by atoms with Gasteiger partial charge in [-0.05, 0) is 38.0 Å². The molecule has 1 aliphatic carbocycles. The number of amides is 1. The fourth-order valence-electron chi connectivity index (χ4n) is 3.59. The number of anilines is 2. The van der Waals surface area contributed by atoms with Crippen LogP contribution in [0.3, 0.4) is 0 Å². The lowest BCUT2D eigenvalue weighted by Gasteiger charge is -2.18. The van der Waals surface area contributed by atoms with Crippen LogP contribution < -0.4 is 10.2 Å². The van der Waals surface area contributed by atoms with Gasteiger partial charge in [0, 0.05) is 18.0 Å². The number of rotatable bonds is 4. The first-order valence-electron chi connectivity index (χ1n) is 9.21. The second-order valence-electron chi connectivity index (χ2n) is 6.92. The average Bonchev–Trinajstić information content (AvgIpc) is 3.30. The minimum Gasteiger partial charge on any atom is -0.341 e. The Hall–Kier alpha value is -1.73. The van der Waals surface area contributed by atoms with E-state index in [1.807, 2.05) is 0 Å². The Bertz CT molecular complexity index is 818. The number of aryl methyl sites for hydroxylation is 1. The highest BCUT2D eigenvalue weighted by Gasteiger charge is 2.24. The first kappa shape index (κ1) is 17.7. The van der Waals surface area contributed by atoms with Gasteiger partial charge in [0.25, 0.3) is 5.91 Å².